The van der Waals surface area contributed by atoms with E-state index in [1.54, 1.807) is 12.1 Å². The smallest absolute Gasteiger partial charge is 0.225 e. The van der Waals surface area contributed by atoms with Crippen molar-refractivity contribution in [2.75, 3.05) is 0 Å². The average Bonchev–Trinajstić information content (AvgIpc) is 2.65. The van der Waals surface area contributed by atoms with Crippen LogP contribution in [0.4, 0.5) is 4.39 Å². The van der Waals surface area contributed by atoms with Crippen molar-refractivity contribution in [3.63, 3.8) is 0 Å². The number of carbonyl (C=O) groups excluding carboxylic acids is 1. The van der Waals surface area contributed by atoms with Crippen LogP contribution in [0.5, 0.6) is 0 Å². The van der Waals surface area contributed by atoms with Crippen LogP contribution in [0, 0.1) is 5.82 Å². The molecule has 1 aliphatic carbocycles. The summed E-state index contributed by atoms with van der Waals surface area (Å²) < 4.78 is 13.2. The Labute approximate surface area is 130 Å². The van der Waals surface area contributed by atoms with Crippen molar-refractivity contribution < 1.29 is 9.18 Å². The zero-order valence-corrected chi connectivity index (χ0v) is 12.8. The van der Waals surface area contributed by atoms with E-state index in [0.29, 0.717) is 10.6 Å². The number of carbonyl (C=O) groups is 1. The molecule has 2 rings (SSSR count). The molecule has 5 heteroatoms. The molecule has 0 heterocycles. The number of rotatable bonds is 4. The van der Waals surface area contributed by atoms with E-state index in [-0.39, 0.29) is 18.1 Å². The van der Waals surface area contributed by atoms with Gasteiger partial charge in [-0.15, -0.1) is 0 Å². The number of nitrogens with two attached hydrogens (primary N) is 1. The molecule has 0 bridgehead atoms. The number of halogens is 1. The second kappa shape index (κ2) is 6.98. The van der Waals surface area contributed by atoms with Crippen molar-refractivity contribution in [3.8, 4) is 0 Å². The highest BCUT2D eigenvalue weighted by Crippen LogP contribution is 2.27. The molecule has 0 spiro atoms. The third kappa shape index (κ3) is 4.24. The Morgan fingerprint density at radius 2 is 1.95 bits per heavy atom. The van der Waals surface area contributed by atoms with Crippen LogP contribution in [0.2, 0.25) is 0 Å². The standard InChI is InChI=1S/C16H21FN2OS/c17-13-7-5-6-12(10-13)11-14(20)19-16(15(18)21)8-3-1-2-4-9-16/h5-7,10H,1-4,8-9,11H2,(H2,18,21)(H,19,20). The van der Waals surface area contributed by atoms with Gasteiger partial charge < -0.3 is 11.1 Å². The van der Waals surface area contributed by atoms with Gasteiger partial charge in [0, 0.05) is 0 Å². The number of nitrogens with one attached hydrogen (secondary N) is 1. The molecule has 0 aliphatic heterocycles. The molecule has 3 N–H and O–H groups in total. The minimum absolute atomic E-state index is 0.141. The van der Waals surface area contributed by atoms with E-state index in [1.807, 2.05) is 0 Å². The van der Waals surface area contributed by atoms with Crippen molar-refractivity contribution in [1.29, 1.82) is 0 Å². The van der Waals surface area contributed by atoms with Crippen molar-refractivity contribution in [1.82, 2.24) is 5.32 Å². The van der Waals surface area contributed by atoms with Crippen LogP contribution in [-0.2, 0) is 11.2 Å². The maximum atomic E-state index is 13.2. The monoisotopic (exact) mass is 308 g/mol. The molecule has 3 nitrogen and oxygen atoms in total. The molecule has 1 aromatic rings. The van der Waals surface area contributed by atoms with Gasteiger partial charge in [-0.3, -0.25) is 4.79 Å². The van der Waals surface area contributed by atoms with Crippen LogP contribution >= 0.6 is 12.2 Å². The summed E-state index contributed by atoms with van der Waals surface area (Å²) in [5.41, 5.74) is 5.97. The molecular weight excluding hydrogens is 287 g/mol. The summed E-state index contributed by atoms with van der Waals surface area (Å²) in [4.78, 5) is 12.6. The molecule has 0 saturated heterocycles. The maximum Gasteiger partial charge on any atom is 0.225 e. The van der Waals surface area contributed by atoms with Crippen LogP contribution in [0.1, 0.15) is 44.1 Å². The molecule has 0 radical (unpaired) electrons. The van der Waals surface area contributed by atoms with E-state index >= 15 is 0 Å². The summed E-state index contributed by atoms with van der Waals surface area (Å²) in [5.74, 6) is -0.492. The Kier molecular flexibility index (Phi) is 5.28. The quantitative estimate of drug-likeness (QED) is 0.664. The van der Waals surface area contributed by atoms with Gasteiger partial charge in [-0.25, -0.2) is 4.39 Å². The lowest BCUT2D eigenvalue weighted by Crippen LogP contribution is -2.56. The molecule has 1 aromatic carbocycles. The fraction of sp³-hybridized carbons (Fsp3) is 0.500. The molecular formula is C16H21FN2OS. The SMILES string of the molecule is NC(=S)C1(NC(=O)Cc2cccc(F)c2)CCCCCC1. The lowest BCUT2D eigenvalue weighted by molar-refractivity contribution is -0.121. The highest BCUT2D eigenvalue weighted by atomic mass is 32.1. The van der Waals surface area contributed by atoms with Gasteiger partial charge in [0.1, 0.15) is 5.82 Å². The Hall–Kier alpha value is -1.49. The minimum atomic E-state index is -0.573. The summed E-state index contributed by atoms with van der Waals surface area (Å²) in [5, 5.41) is 3.01. The Morgan fingerprint density at radius 1 is 1.29 bits per heavy atom. The summed E-state index contributed by atoms with van der Waals surface area (Å²) in [7, 11) is 0. The second-order valence-electron chi connectivity index (χ2n) is 5.72. The van der Waals surface area contributed by atoms with Crippen molar-refractivity contribution >= 4 is 23.1 Å². The first-order chi connectivity index (χ1) is 10.0. The van der Waals surface area contributed by atoms with Gasteiger partial charge in [-0.1, -0.05) is 50.0 Å². The fourth-order valence-electron chi connectivity index (χ4n) is 2.91. The first-order valence-corrected chi connectivity index (χ1v) is 7.78. The highest BCUT2D eigenvalue weighted by molar-refractivity contribution is 7.80. The van der Waals surface area contributed by atoms with E-state index in [9.17, 15) is 9.18 Å². The molecule has 1 fully saturated rings. The lowest BCUT2D eigenvalue weighted by Gasteiger charge is -2.33. The van der Waals surface area contributed by atoms with E-state index in [4.69, 9.17) is 18.0 Å². The molecule has 1 saturated carbocycles. The average molecular weight is 308 g/mol. The first kappa shape index (κ1) is 15.9. The van der Waals surface area contributed by atoms with Gasteiger partial charge in [0.2, 0.25) is 5.91 Å². The fourth-order valence-corrected chi connectivity index (χ4v) is 3.16. The van der Waals surface area contributed by atoms with Gasteiger partial charge in [0.25, 0.3) is 0 Å². The van der Waals surface area contributed by atoms with Crippen LogP contribution in [0.15, 0.2) is 24.3 Å². The number of hydrogen-bond acceptors (Lipinski definition) is 2. The van der Waals surface area contributed by atoms with E-state index in [1.165, 1.54) is 12.1 Å². The minimum Gasteiger partial charge on any atom is -0.391 e. The second-order valence-corrected chi connectivity index (χ2v) is 6.16. The normalized spacial score (nSPS) is 17.8. The van der Waals surface area contributed by atoms with Crippen LogP contribution in [-0.4, -0.2) is 16.4 Å². The first-order valence-electron chi connectivity index (χ1n) is 7.37. The Bertz CT molecular complexity index is 525. The zero-order valence-electron chi connectivity index (χ0n) is 12.0. The predicted molar refractivity (Wildman–Crippen MR) is 85.5 cm³/mol. The number of hydrogen-bond donors (Lipinski definition) is 2. The van der Waals surface area contributed by atoms with E-state index in [0.717, 1.165) is 38.5 Å². The third-order valence-corrected chi connectivity index (χ3v) is 4.45. The van der Waals surface area contributed by atoms with Gasteiger partial charge in [-0.2, -0.15) is 0 Å². The Morgan fingerprint density at radius 3 is 2.52 bits per heavy atom. The van der Waals surface area contributed by atoms with E-state index < -0.39 is 5.54 Å². The van der Waals surface area contributed by atoms with E-state index in [2.05, 4.69) is 5.32 Å². The Balaban J connectivity index is 2.06. The number of amides is 1. The molecule has 0 unspecified atom stereocenters. The summed E-state index contributed by atoms with van der Waals surface area (Å²) >= 11 is 5.19. The number of thiocarbonyl (C=S) groups is 1. The molecule has 0 aromatic heterocycles. The maximum absolute atomic E-state index is 13.2. The number of benzene rings is 1. The summed E-state index contributed by atoms with van der Waals surface area (Å²) in [6.45, 7) is 0. The van der Waals surface area contributed by atoms with Gasteiger partial charge in [-0.05, 0) is 30.5 Å². The van der Waals surface area contributed by atoms with Crippen LogP contribution in [0.25, 0.3) is 0 Å². The molecule has 0 atom stereocenters. The molecule has 21 heavy (non-hydrogen) atoms. The lowest BCUT2D eigenvalue weighted by atomic mass is 9.89. The third-order valence-electron chi connectivity index (χ3n) is 4.06. The van der Waals surface area contributed by atoms with Crippen molar-refractivity contribution in [3.05, 3.63) is 35.6 Å². The largest absolute Gasteiger partial charge is 0.391 e. The van der Waals surface area contributed by atoms with Gasteiger partial charge in [0.05, 0.1) is 16.9 Å². The topological polar surface area (TPSA) is 55.1 Å². The van der Waals surface area contributed by atoms with Gasteiger partial charge >= 0.3 is 0 Å². The zero-order chi connectivity index (χ0) is 15.3. The molecule has 114 valence electrons. The molecule has 1 aliphatic rings. The van der Waals surface area contributed by atoms with Crippen molar-refractivity contribution in [2.24, 2.45) is 5.73 Å². The summed E-state index contributed by atoms with van der Waals surface area (Å²) in [6, 6.07) is 6.08. The molecule has 1 amide bonds. The van der Waals surface area contributed by atoms with Gasteiger partial charge in [0.15, 0.2) is 0 Å². The van der Waals surface area contributed by atoms with Crippen molar-refractivity contribution in [2.45, 2.75) is 50.5 Å². The van der Waals surface area contributed by atoms with Crippen LogP contribution < -0.4 is 11.1 Å². The highest BCUT2D eigenvalue weighted by Gasteiger charge is 2.35. The summed E-state index contributed by atoms with van der Waals surface area (Å²) in [6.07, 6.45) is 6.03. The van der Waals surface area contributed by atoms with Crippen LogP contribution in [0.3, 0.4) is 0 Å². The predicted octanol–water partition coefficient (Wildman–Crippen LogP) is 2.86.